The van der Waals surface area contributed by atoms with E-state index in [9.17, 15) is 9.90 Å². The van der Waals surface area contributed by atoms with E-state index in [1.54, 1.807) is 49.4 Å². The average molecular weight is 686 g/mol. The number of nitrogens with one attached hydrogen (secondary N) is 1. The number of anilines is 1. The highest BCUT2D eigenvalue weighted by Gasteiger charge is 2.63. The first-order valence-electron chi connectivity index (χ1n) is 16.5. The lowest BCUT2D eigenvalue weighted by Gasteiger charge is -2.39. The molecule has 6 aromatic rings. The molecule has 12 heteroatoms. The summed E-state index contributed by atoms with van der Waals surface area (Å²) in [6.45, 7) is 0.0690. The van der Waals surface area contributed by atoms with Gasteiger partial charge in [0, 0.05) is 5.56 Å². The minimum absolute atomic E-state index is 0.0336. The molecule has 4 atom stereocenters. The lowest BCUT2D eigenvalue weighted by atomic mass is 9.79. The Kier molecular flexibility index (Phi) is 8.44. The average Bonchev–Trinajstić information content (AvgIpc) is 3.85. The molecule has 0 aliphatic carbocycles. The van der Waals surface area contributed by atoms with Gasteiger partial charge in [-0.2, -0.15) is 0 Å². The molecule has 2 aromatic heterocycles. The molecule has 4 heterocycles. The summed E-state index contributed by atoms with van der Waals surface area (Å²) in [5, 5.41) is 14.6. The van der Waals surface area contributed by atoms with Crippen molar-refractivity contribution < 1.29 is 33.6 Å². The summed E-state index contributed by atoms with van der Waals surface area (Å²) in [7, 11) is 3.25. The fourth-order valence-corrected chi connectivity index (χ4v) is 6.94. The van der Waals surface area contributed by atoms with Gasteiger partial charge in [0.15, 0.2) is 23.2 Å². The van der Waals surface area contributed by atoms with E-state index in [2.05, 4.69) is 20.3 Å². The van der Waals surface area contributed by atoms with E-state index in [1.165, 1.54) is 6.33 Å². The van der Waals surface area contributed by atoms with E-state index in [0.717, 1.165) is 16.7 Å². The molecule has 2 N–H and O–H groups in total. The molecule has 0 spiro atoms. The quantitative estimate of drug-likeness (QED) is 0.177. The van der Waals surface area contributed by atoms with Gasteiger partial charge in [0.05, 0.1) is 33.8 Å². The zero-order valence-electron chi connectivity index (χ0n) is 27.9. The number of hydrogen-bond donors (Lipinski definition) is 2. The monoisotopic (exact) mass is 685 g/mol. The van der Waals surface area contributed by atoms with Crippen molar-refractivity contribution in [3.05, 3.63) is 144 Å². The normalized spacial score (nSPS) is 21.1. The number of ether oxygens (including phenoxy) is 5. The fourth-order valence-electron chi connectivity index (χ4n) is 6.94. The maximum Gasteiger partial charge on any atom is 0.256 e. The van der Waals surface area contributed by atoms with Crippen LogP contribution in [0.1, 0.15) is 33.3 Å². The molecule has 1 amide bonds. The number of carbonyl (C=O) groups excluding carboxylic acids is 1. The predicted molar refractivity (Wildman–Crippen MR) is 187 cm³/mol. The Hall–Kier alpha value is -5.66. The van der Waals surface area contributed by atoms with Crippen LogP contribution in [-0.4, -0.2) is 75.8 Å². The number of aliphatic hydroxyl groups is 1. The molecule has 2 saturated heterocycles. The highest BCUT2D eigenvalue weighted by atomic mass is 16.7. The Morgan fingerprint density at radius 1 is 0.863 bits per heavy atom. The van der Waals surface area contributed by atoms with E-state index < -0.39 is 29.6 Å². The lowest BCUT2D eigenvalue weighted by molar-refractivity contribution is -0.202. The summed E-state index contributed by atoms with van der Waals surface area (Å²) in [4.78, 5) is 26.2. The van der Waals surface area contributed by atoms with Crippen LogP contribution in [0.25, 0.3) is 11.2 Å². The molecule has 12 nitrogen and oxygen atoms in total. The zero-order valence-corrected chi connectivity index (χ0v) is 27.9. The molecular weight excluding hydrogens is 650 g/mol. The molecular formula is C39H35N5O7. The number of aromatic nitrogens is 4. The van der Waals surface area contributed by atoms with Crippen molar-refractivity contribution in [1.29, 1.82) is 0 Å². The smallest absolute Gasteiger partial charge is 0.256 e. The fraction of sp³-hybridized carbons (Fsp3) is 0.231. The number of nitrogens with zero attached hydrogens (tertiary/aromatic N) is 4. The standard InChI is InChI=1S/C39H35N5O7/c1-47-29-17-13-27(14-18-29)39(26-11-7-4-8-12-26,28-15-19-30(48-2)20-16-28)50-22-38-21-49-32(33(38)45)37(51-38)44-24-42-31-34(40-23-41-35(31)44)43-36(46)25-9-5-3-6-10-25/h3-20,23-24,32-33,37,45H,21-22H2,1-2H3,(H,40,41,43,46)/t32?,33?,37-,38-/m1/s1. The zero-order chi connectivity index (χ0) is 35.0. The van der Waals surface area contributed by atoms with Gasteiger partial charge >= 0.3 is 0 Å². The number of rotatable bonds is 11. The maximum atomic E-state index is 12.9. The minimum atomic E-state index is -1.23. The topological polar surface area (TPSA) is 139 Å². The van der Waals surface area contributed by atoms with Crippen LogP contribution in [0.4, 0.5) is 5.82 Å². The Morgan fingerprint density at radius 3 is 2.10 bits per heavy atom. The Balaban J connectivity index is 1.14. The summed E-state index contributed by atoms with van der Waals surface area (Å²) < 4.78 is 32.7. The third-order valence-electron chi connectivity index (χ3n) is 9.61. The van der Waals surface area contributed by atoms with Crippen LogP contribution in [0.5, 0.6) is 11.5 Å². The molecule has 0 radical (unpaired) electrons. The van der Waals surface area contributed by atoms with E-state index >= 15 is 0 Å². The molecule has 2 bridgehead atoms. The van der Waals surface area contributed by atoms with E-state index in [-0.39, 0.29) is 24.9 Å². The SMILES string of the molecule is COc1ccc(C(OC[C@]23COC(C2O)[C@H](n2cnc4c(NC(=O)c5ccccc5)ncnc42)O3)(c2ccccc2)c2ccc(OC)cc2)cc1. The van der Waals surface area contributed by atoms with E-state index in [4.69, 9.17) is 23.7 Å². The van der Waals surface area contributed by atoms with E-state index in [0.29, 0.717) is 28.2 Å². The summed E-state index contributed by atoms with van der Waals surface area (Å²) in [5.41, 5.74) is 1.46. The van der Waals surface area contributed by atoms with Crippen molar-refractivity contribution in [1.82, 2.24) is 19.5 Å². The van der Waals surface area contributed by atoms with Gasteiger partial charge in [-0.05, 0) is 53.1 Å². The summed E-state index contributed by atoms with van der Waals surface area (Å²) in [5.74, 6) is 1.34. The van der Waals surface area contributed by atoms with Gasteiger partial charge in [-0.25, -0.2) is 15.0 Å². The Morgan fingerprint density at radius 2 is 1.47 bits per heavy atom. The number of amides is 1. The molecule has 2 fully saturated rings. The van der Waals surface area contributed by atoms with Crippen LogP contribution in [0, 0.1) is 0 Å². The van der Waals surface area contributed by atoms with Crippen LogP contribution in [0.2, 0.25) is 0 Å². The Labute approximate surface area is 293 Å². The highest BCUT2D eigenvalue weighted by Crippen LogP contribution is 2.49. The van der Waals surface area contributed by atoms with Crippen LogP contribution < -0.4 is 14.8 Å². The summed E-state index contributed by atoms with van der Waals surface area (Å²) >= 11 is 0. The molecule has 2 unspecified atom stereocenters. The molecule has 51 heavy (non-hydrogen) atoms. The van der Waals surface area contributed by atoms with Crippen molar-refractivity contribution in [2.75, 3.05) is 32.8 Å². The van der Waals surface area contributed by atoms with Gasteiger partial charge in [-0.15, -0.1) is 0 Å². The van der Waals surface area contributed by atoms with Crippen LogP contribution >= 0.6 is 0 Å². The molecule has 2 aliphatic heterocycles. The number of fused-ring (bicyclic) bond motifs is 3. The Bertz CT molecular complexity index is 2100. The van der Waals surface area contributed by atoms with Crippen LogP contribution in [0.3, 0.4) is 0 Å². The molecule has 258 valence electrons. The first kappa shape index (κ1) is 32.5. The third-order valence-corrected chi connectivity index (χ3v) is 9.61. The van der Waals surface area contributed by atoms with Gasteiger partial charge in [0.25, 0.3) is 5.91 Å². The molecule has 8 rings (SSSR count). The summed E-state index contributed by atoms with van der Waals surface area (Å²) in [6, 6.07) is 34.2. The second-order valence-electron chi connectivity index (χ2n) is 12.5. The van der Waals surface area contributed by atoms with E-state index in [1.807, 2.05) is 84.9 Å². The van der Waals surface area contributed by atoms with Crippen LogP contribution in [0.15, 0.2) is 122 Å². The third kappa shape index (κ3) is 5.58. The molecule has 4 aromatic carbocycles. The van der Waals surface area contributed by atoms with Gasteiger partial charge in [-0.3, -0.25) is 9.36 Å². The van der Waals surface area contributed by atoms with Gasteiger partial charge in [0.1, 0.15) is 41.2 Å². The van der Waals surface area contributed by atoms with Crippen molar-refractivity contribution in [2.24, 2.45) is 0 Å². The van der Waals surface area contributed by atoms with Gasteiger partial charge in [0.2, 0.25) is 0 Å². The number of hydrogen-bond acceptors (Lipinski definition) is 10. The maximum absolute atomic E-state index is 12.9. The highest BCUT2D eigenvalue weighted by molar-refractivity contribution is 6.06. The number of benzene rings is 4. The second-order valence-corrected chi connectivity index (χ2v) is 12.5. The predicted octanol–water partition coefficient (Wildman–Crippen LogP) is 5.13. The van der Waals surface area contributed by atoms with Crippen molar-refractivity contribution in [3.63, 3.8) is 0 Å². The summed E-state index contributed by atoms with van der Waals surface area (Å²) in [6.07, 6.45) is 0.331. The number of imidazole rings is 1. The lowest BCUT2D eigenvalue weighted by Crippen LogP contribution is -2.48. The van der Waals surface area contributed by atoms with Crippen molar-refractivity contribution in [2.45, 2.75) is 29.6 Å². The second kappa shape index (κ2) is 13.2. The van der Waals surface area contributed by atoms with Crippen molar-refractivity contribution >= 4 is 22.9 Å². The van der Waals surface area contributed by atoms with Gasteiger partial charge < -0.3 is 34.1 Å². The van der Waals surface area contributed by atoms with Crippen molar-refractivity contribution in [3.8, 4) is 11.5 Å². The van der Waals surface area contributed by atoms with Gasteiger partial charge in [-0.1, -0.05) is 72.8 Å². The molecule has 0 saturated carbocycles. The number of carbonyl (C=O) groups is 1. The largest absolute Gasteiger partial charge is 0.497 e. The number of aliphatic hydroxyl groups excluding tert-OH is 1. The van der Waals surface area contributed by atoms with Crippen LogP contribution in [-0.2, 0) is 19.8 Å². The number of methoxy groups -OCH3 is 2. The minimum Gasteiger partial charge on any atom is -0.497 e. The molecule has 2 aliphatic rings. The first-order chi connectivity index (χ1) is 25.0. The first-order valence-corrected chi connectivity index (χ1v) is 16.5.